The zero-order chi connectivity index (χ0) is 18.2. The Kier molecular flexibility index (Phi) is 6.01. The van der Waals surface area contributed by atoms with E-state index in [0.717, 1.165) is 11.3 Å². The van der Waals surface area contributed by atoms with Gasteiger partial charge in [-0.3, -0.25) is 4.79 Å². The number of benzene rings is 2. The number of nitrogens with one attached hydrogen (secondary N) is 1. The predicted molar refractivity (Wildman–Crippen MR) is 98.1 cm³/mol. The van der Waals surface area contributed by atoms with E-state index in [1.54, 1.807) is 31.4 Å². The third-order valence-electron chi connectivity index (χ3n) is 3.61. The second kappa shape index (κ2) is 8.82. The van der Waals surface area contributed by atoms with Crippen molar-refractivity contribution in [2.45, 2.75) is 6.42 Å². The minimum Gasteiger partial charge on any atom is -0.491 e. The van der Waals surface area contributed by atoms with Crippen molar-refractivity contribution in [1.29, 1.82) is 0 Å². The highest BCUT2D eigenvalue weighted by Crippen LogP contribution is 2.19. The molecule has 2 aromatic carbocycles. The minimum atomic E-state index is -0.161. The van der Waals surface area contributed by atoms with Gasteiger partial charge >= 0.3 is 0 Å². The number of carbonyl (C=O) groups excluding carboxylic acids is 1. The lowest BCUT2D eigenvalue weighted by molar-refractivity contribution is -0.115. The quantitative estimate of drug-likeness (QED) is 0.628. The lowest BCUT2D eigenvalue weighted by Crippen LogP contribution is -2.14. The summed E-state index contributed by atoms with van der Waals surface area (Å²) in [4.78, 5) is 16.5. The smallest absolute Gasteiger partial charge is 0.230 e. The van der Waals surface area contributed by atoms with E-state index in [2.05, 4.69) is 10.3 Å². The third-order valence-corrected chi connectivity index (χ3v) is 3.61. The molecule has 3 aromatic rings. The van der Waals surface area contributed by atoms with Crippen molar-refractivity contribution >= 4 is 11.6 Å². The third kappa shape index (κ3) is 4.94. The number of rotatable bonds is 8. The zero-order valence-corrected chi connectivity index (χ0v) is 14.5. The number of carbonyl (C=O) groups is 1. The van der Waals surface area contributed by atoms with Gasteiger partial charge in [0.05, 0.1) is 18.7 Å². The van der Waals surface area contributed by atoms with Crippen molar-refractivity contribution in [2.75, 3.05) is 25.6 Å². The summed E-state index contributed by atoms with van der Waals surface area (Å²) in [6.07, 6.45) is 1.65. The summed E-state index contributed by atoms with van der Waals surface area (Å²) < 4.78 is 15.9. The average Bonchev–Trinajstić information content (AvgIpc) is 3.12. The van der Waals surface area contributed by atoms with Gasteiger partial charge in [0.25, 0.3) is 0 Å². The van der Waals surface area contributed by atoms with Gasteiger partial charge in [-0.05, 0) is 36.4 Å². The molecular weight excluding hydrogens is 332 g/mol. The number of hydrogen-bond donors (Lipinski definition) is 1. The van der Waals surface area contributed by atoms with Gasteiger partial charge in [0.15, 0.2) is 0 Å². The fourth-order valence-electron chi connectivity index (χ4n) is 2.35. The van der Waals surface area contributed by atoms with Crippen LogP contribution in [0.15, 0.2) is 65.3 Å². The Morgan fingerprint density at radius 1 is 1.08 bits per heavy atom. The van der Waals surface area contributed by atoms with Gasteiger partial charge < -0.3 is 19.2 Å². The topological polar surface area (TPSA) is 73.6 Å². The van der Waals surface area contributed by atoms with Crippen LogP contribution in [0.3, 0.4) is 0 Å². The number of amides is 1. The molecule has 0 saturated heterocycles. The van der Waals surface area contributed by atoms with Crippen LogP contribution in [-0.4, -0.2) is 31.2 Å². The van der Waals surface area contributed by atoms with E-state index in [-0.39, 0.29) is 12.3 Å². The van der Waals surface area contributed by atoms with Crippen molar-refractivity contribution in [1.82, 2.24) is 4.98 Å². The Balaban J connectivity index is 1.53. The maximum Gasteiger partial charge on any atom is 0.230 e. The molecule has 134 valence electrons. The second-order valence-corrected chi connectivity index (χ2v) is 5.60. The van der Waals surface area contributed by atoms with Gasteiger partial charge in [0, 0.05) is 18.4 Å². The first-order chi connectivity index (χ1) is 12.7. The van der Waals surface area contributed by atoms with E-state index in [1.165, 1.54) is 6.26 Å². The first-order valence-electron chi connectivity index (χ1n) is 8.26. The van der Waals surface area contributed by atoms with Crippen LogP contribution < -0.4 is 10.1 Å². The molecular formula is C20H20N2O4. The molecule has 1 amide bonds. The molecule has 26 heavy (non-hydrogen) atoms. The fraction of sp³-hybridized carbons (Fsp3) is 0.200. The van der Waals surface area contributed by atoms with Crippen LogP contribution in [0.25, 0.3) is 11.5 Å². The summed E-state index contributed by atoms with van der Waals surface area (Å²) in [5.74, 6) is 1.07. The largest absolute Gasteiger partial charge is 0.491 e. The van der Waals surface area contributed by atoms with Gasteiger partial charge in [-0.2, -0.15) is 0 Å². The molecule has 0 unspecified atom stereocenters. The summed E-state index contributed by atoms with van der Waals surface area (Å²) in [7, 11) is 1.62. The summed E-state index contributed by atoms with van der Waals surface area (Å²) in [5.41, 5.74) is 2.16. The molecule has 0 aliphatic heterocycles. The molecule has 6 nitrogen and oxygen atoms in total. The molecule has 0 aliphatic rings. The van der Waals surface area contributed by atoms with Crippen molar-refractivity contribution in [2.24, 2.45) is 0 Å². The molecule has 0 bridgehead atoms. The van der Waals surface area contributed by atoms with Crippen LogP contribution in [0.2, 0.25) is 0 Å². The second-order valence-electron chi connectivity index (χ2n) is 5.60. The van der Waals surface area contributed by atoms with Gasteiger partial charge in [-0.15, -0.1) is 0 Å². The van der Waals surface area contributed by atoms with E-state index in [0.29, 0.717) is 30.5 Å². The van der Waals surface area contributed by atoms with Crippen molar-refractivity contribution in [3.05, 3.63) is 66.6 Å². The molecule has 3 rings (SSSR count). The highest BCUT2D eigenvalue weighted by Gasteiger charge is 2.10. The number of ether oxygens (including phenoxy) is 2. The van der Waals surface area contributed by atoms with Gasteiger partial charge in [-0.25, -0.2) is 4.98 Å². The molecule has 0 aliphatic carbocycles. The molecule has 6 heteroatoms. The van der Waals surface area contributed by atoms with Crippen LogP contribution in [-0.2, 0) is 16.0 Å². The number of aromatic nitrogens is 1. The summed E-state index contributed by atoms with van der Waals surface area (Å²) in [6, 6.07) is 16.7. The Morgan fingerprint density at radius 3 is 2.58 bits per heavy atom. The standard InChI is InChI=1S/C20H20N2O4/c1-24-11-12-25-18-9-7-16(8-10-18)21-19(23)13-17-14-26-20(22-17)15-5-3-2-4-6-15/h2-10,14H,11-13H2,1H3,(H,21,23). The molecule has 0 atom stereocenters. The number of oxazole rings is 1. The molecule has 0 fully saturated rings. The molecule has 1 aromatic heterocycles. The first-order valence-corrected chi connectivity index (χ1v) is 8.26. The van der Waals surface area contributed by atoms with E-state index in [9.17, 15) is 4.79 Å². The van der Waals surface area contributed by atoms with Gasteiger partial charge in [0.1, 0.15) is 18.6 Å². The summed E-state index contributed by atoms with van der Waals surface area (Å²) in [6.45, 7) is 1.01. The lowest BCUT2D eigenvalue weighted by atomic mass is 10.2. The van der Waals surface area contributed by atoms with E-state index in [4.69, 9.17) is 13.9 Å². The normalized spacial score (nSPS) is 10.5. The zero-order valence-electron chi connectivity index (χ0n) is 14.5. The predicted octanol–water partition coefficient (Wildman–Crippen LogP) is 3.55. The molecule has 1 N–H and O–H groups in total. The Hall–Kier alpha value is -3.12. The van der Waals surface area contributed by atoms with Crippen molar-refractivity contribution in [3.63, 3.8) is 0 Å². The monoisotopic (exact) mass is 352 g/mol. The number of methoxy groups -OCH3 is 1. The minimum absolute atomic E-state index is 0.141. The maximum absolute atomic E-state index is 12.2. The highest BCUT2D eigenvalue weighted by molar-refractivity contribution is 5.92. The van der Waals surface area contributed by atoms with Crippen molar-refractivity contribution in [3.8, 4) is 17.2 Å². The molecule has 0 saturated carbocycles. The van der Waals surface area contributed by atoms with Gasteiger partial charge in [0.2, 0.25) is 11.8 Å². The molecule has 0 spiro atoms. The number of anilines is 1. The Labute approximate surface area is 151 Å². The van der Waals surface area contributed by atoms with Crippen LogP contribution in [0.5, 0.6) is 5.75 Å². The van der Waals surface area contributed by atoms with Crippen LogP contribution in [0.1, 0.15) is 5.69 Å². The van der Waals surface area contributed by atoms with Crippen LogP contribution in [0, 0.1) is 0 Å². The average molecular weight is 352 g/mol. The van der Waals surface area contributed by atoms with Crippen LogP contribution in [0.4, 0.5) is 5.69 Å². The maximum atomic E-state index is 12.2. The summed E-state index contributed by atoms with van der Waals surface area (Å²) in [5, 5.41) is 2.83. The molecule has 0 radical (unpaired) electrons. The number of hydrogen-bond acceptors (Lipinski definition) is 5. The Bertz CT molecular complexity index is 829. The summed E-state index contributed by atoms with van der Waals surface area (Å²) >= 11 is 0. The van der Waals surface area contributed by atoms with Crippen molar-refractivity contribution < 1.29 is 18.7 Å². The first kappa shape index (κ1) is 17.7. The lowest BCUT2D eigenvalue weighted by Gasteiger charge is -2.07. The van der Waals surface area contributed by atoms with E-state index in [1.807, 2.05) is 30.3 Å². The van der Waals surface area contributed by atoms with E-state index < -0.39 is 0 Å². The highest BCUT2D eigenvalue weighted by atomic mass is 16.5. The SMILES string of the molecule is COCCOc1ccc(NC(=O)Cc2coc(-c3ccccc3)n2)cc1. The fourth-order valence-corrected chi connectivity index (χ4v) is 2.35. The van der Waals surface area contributed by atoms with E-state index >= 15 is 0 Å². The Morgan fingerprint density at radius 2 is 1.85 bits per heavy atom. The number of nitrogens with zero attached hydrogens (tertiary/aromatic N) is 1. The van der Waals surface area contributed by atoms with Crippen LogP contribution >= 0.6 is 0 Å². The van der Waals surface area contributed by atoms with Gasteiger partial charge in [-0.1, -0.05) is 18.2 Å². The molecule has 1 heterocycles.